The first-order chi connectivity index (χ1) is 23.1. The number of carbonyl (C=O) groups is 2. The molecule has 0 spiro atoms. The van der Waals surface area contributed by atoms with E-state index in [0.717, 1.165) is 22.5 Å². The van der Waals surface area contributed by atoms with Crippen molar-refractivity contribution in [1.29, 1.82) is 0 Å². The summed E-state index contributed by atoms with van der Waals surface area (Å²) < 4.78 is 17.1. The molecular weight excluding hydrogens is 600 g/mol. The molecule has 1 N–H and O–H groups in total. The standard InChI is InChI=1S/C41H42N2O5/c1-41(2,3)30-19-17-27(18-20-30)28-22-32-38(34(44)23-28)39(29-24-35(46-4)40(48-6)36(25-29)47-5)43(33-15-11-10-14-31(33)42-32)37(45)21-16-26-12-8-7-9-13-26/h7-21,24-25,28,39,42H,22-23H2,1-6H3. The molecule has 7 nitrogen and oxygen atoms in total. The van der Waals surface area contributed by atoms with Crippen molar-refractivity contribution in [3.63, 3.8) is 0 Å². The molecule has 0 bridgehead atoms. The van der Waals surface area contributed by atoms with Crippen molar-refractivity contribution in [3.8, 4) is 17.2 Å². The number of hydrogen-bond donors (Lipinski definition) is 1. The second kappa shape index (κ2) is 13.4. The maximum atomic E-state index is 14.6. The van der Waals surface area contributed by atoms with Crippen LogP contribution in [0.4, 0.5) is 11.4 Å². The van der Waals surface area contributed by atoms with Gasteiger partial charge in [0, 0.05) is 23.8 Å². The summed E-state index contributed by atoms with van der Waals surface area (Å²) in [5.74, 6) is 0.989. The van der Waals surface area contributed by atoms with Crippen molar-refractivity contribution in [1.82, 2.24) is 0 Å². The van der Waals surface area contributed by atoms with E-state index < -0.39 is 6.04 Å². The number of amides is 1. The van der Waals surface area contributed by atoms with Crippen LogP contribution in [-0.2, 0) is 15.0 Å². The van der Waals surface area contributed by atoms with Gasteiger partial charge in [0.25, 0.3) is 5.91 Å². The Hall–Kier alpha value is -5.30. The van der Waals surface area contributed by atoms with Crippen molar-refractivity contribution in [3.05, 3.63) is 131 Å². The zero-order valence-electron chi connectivity index (χ0n) is 28.4. The van der Waals surface area contributed by atoms with Gasteiger partial charge in [0.2, 0.25) is 5.75 Å². The number of ether oxygens (including phenoxy) is 3. The molecule has 6 rings (SSSR count). The third kappa shape index (κ3) is 6.33. The smallest absolute Gasteiger partial charge is 0.251 e. The molecule has 4 aromatic carbocycles. The summed E-state index contributed by atoms with van der Waals surface area (Å²) in [4.78, 5) is 30.7. The third-order valence-corrected chi connectivity index (χ3v) is 9.19. The third-order valence-electron chi connectivity index (χ3n) is 9.19. The summed E-state index contributed by atoms with van der Waals surface area (Å²) in [6.45, 7) is 6.59. The number of nitrogens with one attached hydrogen (secondary N) is 1. The van der Waals surface area contributed by atoms with E-state index in [0.29, 0.717) is 46.9 Å². The molecule has 1 aliphatic heterocycles. The molecule has 7 heteroatoms. The minimum Gasteiger partial charge on any atom is -0.493 e. The van der Waals surface area contributed by atoms with E-state index in [1.54, 1.807) is 38.4 Å². The number of para-hydroxylation sites is 2. The highest BCUT2D eigenvalue weighted by Gasteiger charge is 2.42. The Morgan fingerprint density at radius 3 is 2.08 bits per heavy atom. The lowest BCUT2D eigenvalue weighted by Gasteiger charge is -2.35. The molecule has 2 atom stereocenters. The second-order valence-electron chi connectivity index (χ2n) is 13.2. The van der Waals surface area contributed by atoms with Crippen molar-refractivity contribution in [2.75, 3.05) is 31.5 Å². The molecule has 0 radical (unpaired) electrons. The number of Topliss-reactive ketones (excluding diaryl/α,β-unsaturated/α-hetero) is 1. The Bertz CT molecular complexity index is 1860. The SMILES string of the molecule is COc1cc(C2C3=C(CC(c4ccc(C(C)(C)C)cc4)CC3=O)Nc3ccccc3N2C(=O)C=Cc2ccccc2)cc(OC)c1OC. The lowest BCUT2D eigenvalue weighted by Crippen LogP contribution is -2.37. The van der Waals surface area contributed by atoms with E-state index in [1.807, 2.05) is 66.7 Å². The van der Waals surface area contributed by atoms with Crippen molar-refractivity contribution in [2.24, 2.45) is 0 Å². The average Bonchev–Trinajstić information content (AvgIpc) is 3.25. The molecule has 0 saturated heterocycles. The predicted octanol–water partition coefficient (Wildman–Crippen LogP) is 8.62. The van der Waals surface area contributed by atoms with E-state index in [1.165, 1.54) is 5.56 Å². The monoisotopic (exact) mass is 642 g/mol. The Kier molecular flexibility index (Phi) is 9.13. The molecule has 0 fully saturated rings. The lowest BCUT2D eigenvalue weighted by atomic mass is 9.77. The molecular formula is C41H42N2O5. The number of rotatable bonds is 7. The molecule has 48 heavy (non-hydrogen) atoms. The van der Waals surface area contributed by atoms with Crippen molar-refractivity contribution in [2.45, 2.75) is 51.0 Å². The lowest BCUT2D eigenvalue weighted by molar-refractivity contribution is -0.116. The van der Waals surface area contributed by atoms with Gasteiger partial charge in [0.05, 0.1) is 38.7 Å². The van der Waals surface area contributed by atoms with Crippen LogP contribution < -0.4 is 24.4 Å². The van der Waals surface area contributed by atoms with Crippen LogP contribution in [0.1, 0.15) is 67.8 Å². The summed E-state index contributed by atoms with van der Waals surface area (Å²) in [6, 6.07) is 28.9. The van der Waals surface area contributed by atoms with Crippen LogP contribution in [0, 0.1) is 0 Å². The van der Waals surface area contributed by atoms with E-state index in [-0.39, 0.29) is 23.0 Å². The number of benzene rings is 4. The summed E-state index contributed by atoms with van der Waals surface area (Å²) >= 11 is 0. The van der Waals surface area contributed by atoms with Crippen LogP contribution in [0.15, 0.2) is 108 Å². The number of carbonyl (C=O) groups excluding carboxylic acids is 2. The van der Waals surface area contributed by atoms with Crippen molar-refractivity contribution >= 4 is 29.1 Å². The van der Waals surface area contributed by atoms with Crippen LogP contribution in [-0.4, -0.2) is 33.0 Å². The molecule has 1 aliphatic carbocycles. The largest absolute Gasteiger partial charge is 0.493 e. The Morgan fingerprint density at radius 2 is 1.46 bits per heavy atom. The topological polar surface area (TPSA) is 77.1 Å². The molecule has 4 aromatic rings. The number of methoxy groups -OCH3 is 3. The van der Waals surface area contributed by atoms with Crippen LogP contribution in [0.25, 0.3) is 6.08 Å². The fourth-order valence-corrected chi connectivity index (χ4v) is 6.71. The normalized spacial score (nSPS) is 17.7. The Morgan fingerprint density at radius 1 is 0.812 bits per heavy atom. The fourth-order valence-electron chi connectivity index (χ4n) is 6.71. The average molecular weight is 643 g/mol. The highest BCUT2D eigenvalue weighted by molar-refractivity contribution is 6.10. The molecule has 246 valence electrons. The first-order valence-corrected chi connectivity index (χ1v) is 16.2. The first kappa shape index (κ1) is 32.6. The van der Waals surface area contributed by atoms with Gasteiger partial charge in [-0.15, -0.1) is 0 Å². The minimum absolute atomic E-state index is 0.0225. The van der Waals surface area contributed by atoms with Crippen molar-refractivity contribution < 1.29 is 23.8 Å². The fraction of sp³-hybridized carbons (Fsp3) is 0.268. The van der Waals surface area contributed by atoms with Crippen LogP contribution in [0.2, 0.25) is 0 Å². The van der Waals surface area contributed by atoms with Crippen LogP contribution in [0.3, 0.4) is 0 Å². The molecule has 2 unspecified atom stereocenters. The van der Waals surface area contributed by atoms with Gasteiger partial charge in [-0.05, 0) is 70.3 Å². The highest BCUT2D eigenvalue weighted by Crippen LogP contribution is 2.50. The predicted molar refractivity (Wildman–Crippen MR) is 191 cm³/mol. The molecule has 0 aromatic heterocycles. The first-order valence-electron chi connectivity index (χ1n) is 16.2. The van der Waals surface area contributed by atoms with Gasteiger partial charge >= 0.3 is 0 Å². The molecule has 1 amide bonds. The summed E-state index contributed by atoms with van der Waals surface area (Å²) in [7, 11) is 4.67. The van der Waals surface area contributed by atoms with Gasteiger partial charge in [-0.3, -0.25) is 14.5 Å². The molecule has 0 saturated carbocycles. The van der Waals surface area contributed by atoms with E-state index in [4.69, 9.17) is 14.2 Å². The number of anilines is 2. The van der Waals surface area contributed by atoms with E-state index in [9.17, 15) is 9.59 Å². The molecule has 2 aliphatic rings. The second-order valence-corrected chi connectivity index (χ2v) is 13.2. The van der Waals surface area contributed by atoms with E-state index in [2.05, 4.69) is 50.4 Å². The maximum Gasteiger partial charge on any atom is 0.251 e. The van der Waals surface area contributed by atoms with Gasteiger partial charge in [-0.25, -0.2) is 0 Å². The Labute approximate surface area is 282 Å². The number of nitrogens with zero attached hydrogens (tertiary/aromatic N) is 1. The number of fused-ring (bicyclic) bond motifs is 1. The van der Waals surface area contributed by atoms with Crippen LogP contribution in [0.5, 0.6) is 17.2 Å². The van der Waals surface area contributed by atoms with Gasteiger partial charge in [-0.1, -0.05) is 87.5 Å². The Balaban J connectivity index is 1.54. The van der Waals surface area contributed by atoms with Gasteiger partial charge in [0.1, 0.15) is 0 Å². The number of hydrogen-bond acceptors (Lipinski definition) is 6. The number of allylic oxidation sites excluding steroid dienone is 1. The van der Waals surface area contributed by atoms with Crippen LogP contribution >= 0.6 is 0 Å². The zero-order valence-corrected chi connectivity index (χ0v) is 28.4. The molecule has 1 heterocycles. The van der Waals surface area contributed by atoms with Gasteiger partial charge in [-0.2, -0.15) is 0 Å². The summed E-state index contributed by atoms with van der Waals surface area (Å²) in [5.41, 5.74) is 6.70. The quantitative estimate of drug-likeness (QED) is 0.204. The summed E-state index contributed by atoms with van der Waals surface area (Å²) in [5, 5.41) is 3.62. The van der Waals surface area contributed by atoms with Gasteiger partial charge in [0.15, 0.2) is 17.3 Å². The minimum atomic E-state index is -0.783. The van der Waals surface area contributed by atoms with E-state index >= 15 is 0 Å². The van der Waals surface area contributed by atoms with Gasteiger partial charge < -0.3 is 19.5 Å². The maximum absolute atomic E-state index is 14.6. The zero-order chi connectivity index (χ0) is 34.0. The summed E-state index contributed by atoms with van der Waals surface area (Å²) in [6.07, 6.45) is 4.28. The number of ketones is 1. The highest BCUT2D eigenvalue weighted by atomic mass is 16.5.